The fraction of sp³-hybridized carbons (Fsp3) is 0.300. The molecule has 0 radical (unpaired) electrons. The number of carbonyl (C=O) groups excluding carboxylic acids is 1. The van der Waals surface area contributed by atoms with E-state index in [0.717, 1.165) is 17.8 Å². The number of ketones is 1. The fourth-order valence-electron chi connectivity index (χ4n) is 1.48. The van der Waals surface area contributed by atoms with Gasteiger partial charge in [0.15, 0.2) is 0 Å². The molecule has 12 heavy (non-hydrogen) atoms. The number of hydrogen-bond acceptors (Lipinski definition) is 2. The number of nitrogens with one attached hydrogen (secondary N) is 1. The minimum atomic E-state index is 0.326. The molecule has 62 valence electrons. The van der Waals surface area contributed by atoms with Crippen LogP contribution in [-0.4, -0.2) is 12.3 Å². The molecule has 0 spiro atoms. The molecule has 1 N–H and O–H groups in total. The van der Waals surface area contributed by atoms with E-state index in [1.165, 1.54) is 0 Å². The molecule has 0 aromatic heterocycles. The Labute approximate surface area is 71.6 Å². The van der Waals surface area contributed by atoms with Crippen LogP contribution in [0.5, 0.6) is 0 Å². The van der Waals surface area contributed by atoms with Crippen LogP contribution in [0.1, 0.15) is 12.0 Å². The summed E-state index contributed by atoms with van der Waals surface area (Å²) in [7, 11) is 0. The van der Waals surface area contributed by atoms with Gasteiger partial charge in [0.25, 0.3) is 0 Å². The maximum absolute atomic E-state index is 11.2. The Morgan fingerprint density at radius 3 is 3.00 bits per heavy atom. The Morgan fingerprint density at radius 1 is 1.25 bits per heavy atom. The number of para-hydroxylation sites is 1. The van der Waals surface area contributed by atoms with Gasteiger partial charge in [-0.05, 0) is 11.6 Å². The van der Waals surface area contributed by atoms with Gasteiger partial charge in [0, 0.05) is 25.1 Å². The highest BCUT2D eigenvalue weighted by Crippen LogP contribution is 2.18. The van der Waals surface area contributed by atoms with Gasteiger partial charge in [-0.25, -0.2) is 0 Å². The lowest BCUT2D eigenvalue weighted by Gasteiger charge is -2.04. The van der Waals surface area contributed by atoms with Crippen LogP contribution in [0.25, 0.3) is 0 Å². The number of carbonyl (C=O) groups is 1. The second-order valence-corrected chi connectivity index (χ2v) is 3.05. The summed E-state index contributed by atoms with van der Waals surface area (Å²) in [5.41, 5.74) is 2.24. The summed E-state index contributed by atoms with van der Waals surface area (Å²) in [5, 5.41) is 3.23. The van der Waals surface area contributed by atoms with Crippen molar-refractivity contribution in [2.45, 2.75) is 12.8 Å². The van der Waals surface area contributed by atoms with Crippen molar-refractivity contribution in [3.05, 3.63) is 29.8 Å². The van der Waals surface area contributed by atoms with Crippen LogP contribution in [0.4, 0.5) is 5.69 Å². The van der Waals surface area contributed by atoms with Gasteiger partial charge in [0.05, 0.1) is 0 Å². The average molecular weight is 161 g/mol. The Bertz CT molecular complexity index is 306. The van der Waals surface area contributed by atoms with Crippen molar-refractivity contribution < 1.29 is 4.79 Å². The molecule has 1 aliphatic rings. The molecular formula is C10H11NO. The van der Waals surface area contributed by atoms with Crippen molar-refractivity contribution in [3.63, 3.8) is 0 Å². The van der Waals surface area contributed by atoms with E-state index in [2.05, 4.69) is 5.32 Å². The predicted octanol–water partition coefficient (Wildman–Crippen LogP) is 1.61. The van der Waals surface area contributed by atoms with Gasteiger partial charge >= 0.3 is 0 Å². The largest absolute Gasteiger partial charge is 0.384 e. The number of anilines is 1. The zero-order valence-corrected chi connectivity index (χ0v) is 6.84. The minimum Gasteiger partial charge on any atom is -0.384 e. The molecule has 0 aliphatic carbocycles. The van der Waals surface area contributed by atoms with E-state index in [1.54, 1.807) is 0 Å². The quantitative estimate of drug-likeness (QED) is 0.626. The Balaban J connectivity index is 2.37. The number of fused-ring (bicyclic) bond motifs is 1. The van der Waals surface area contributed by atoms with E-state index in [0.29, 0.717) is 18.6 Å². The molecule has 0 fully saturated rings. The highest BCUT2D eigenvalue weighted by atomic mass is 16.1. The molecule has 2 heteroatoms. The summed E-state index contributed by atoms with van der Waals surface area (Å²) in [5.74, 6) is 0.326. The Morgan fingerprint density at radius 2 is 2.08 bits per heavy atom. The first-order chi connectivity index (χ1) is 5.86. The molecule has 1 aliphatic heterocycles. The first kappa shape index (κ1) is 7.35. The molecule has 1 heterocycles. The molecule has 2 rings (SSSR count). The fourth-order valence-corrected chi connectivity index (χ4v) is 1.48. The third kappa shape index (κ3) is 1.33. The number of Topliss-reactive ketones (excluding diaryl/α,β-unsaturated/α-hetero) is 1. The van der Waals surface area contributed by atoms with E-state index in [4.69, 9.17) is 0 Å². The monoisotopic (exact) mass is 161 g/mol. The van der Waals surface area contributed by atoms with Gasteiger partial charge in [0.1, 0.15) is 5.78 Å². The first-order valence-electron chi connectivity index (χ1n) is 4.20. The zero-order chi connectivity index (χ0) is 8.39. The van der Waals surface area contributed by atoms with E-state index < -0.39 is 0 Å². The number of benzene rings is 1. The van der Waals surface area contributed by atoms with Crippen LogP contribution in [0.15, 0.2) is 24.3 Å². The second-order valence-electron chi connectivity index (χ2n) is 3.05. The lowest BCUT2D eigenvalue weighted by Crippen LogP contribution is -2.03. The summed E-state index contributed by atoms with van der Waals surface area (Å²) < 4.78 is 0. The Hall–Kier alpha value is -1.31. The van der Waals surface area contributed by atoms with Gasteiger partial charge in [-0.15, -0.1) is 0 Å². The van der Waals surface area contributed by atoms with E-state index in [9.17, 15) is 4.79 Å². The molecule has 0 bridgehead atoms. The van der Waals surface area contributed by atoms with E-state index >= 15 is 0 Å². The molecule has 0 amide bonds. The second kappa shape index (κ2) is 2.97. The highest BCUT2D eigenvalue weighted by molar-refractivity contribution is 5.84. The molecule has 2 nitrogen and oxygen atoms in total. The van der Waals surface area contributed by atoms with E-state index in [1.807, 2.05) is 24.3 Å². The number of rotatable bonds is 0. The molecule has 0 saturated carbocycles. The molecule has 0 atom stereocenters. The van der Waals surface area contributed by atoms with Gasteiger partial charge in [-0.1, -0.05) is 18.2 Å². The van der Waals surface area contributed by atoms with Gasteiger partial charge in [-0.2, -0.15) is 0 Å². The summed E-state index contributed by atoms with van der Waals surface area (Å²) in [6.45, 7) is 0.774. The van der Waals surface area contributed by atoms with E-state index in [-0.39, 0.29) is 0 Å². The summed E-state index contributed by atoms with van der Waals surface area (Å²) in [6, 6.07) is 7.99. The normalized spacial score (nSPS) is 16.2. The number of hydrogen-bond donors (Lipinski definition) is 1. The van der Waals surface area contributed by atoms with Crippen molar-refractivity contribution >= 4 is 11.5 Å². The maximum atomic E-state index is 11.2. The minimum absolute atomic E-state index is 0.326. The predicted molar refractivity (Wildman–Crippen MR) is 48.3 cm³/mol. The lowest BCUT2D eigenvalue weighted by atomic mass is 10.1. The third-order valence-corrected chi connectivity index (χ3v) is 2.12. The highest BCUT2D eigenvalue weighted by Gasteiger charge is 2.11. The third-order valence-electron chi connectivity index (χ3n) is 2.12. The molecule has 1 aromatic carbocycles. The Kier molecular flexibility index (Phi) is 1.82. The van der Waals surface area contributed by atoms with Crippen LogP contribution in [0.2, 0.25) is 0 Å². The zero-order valence-electron chi connectivity index (χ0n) is 6.84. The molecular weight excluding hydrogens is 150 g/mol. The van der Waals surface area contributed by atoms with Crippen molar-refractivity contribution in [2.24, 2.45) is 0 Å². The van der Waals surface area contributed by atoms with Crippen molar-refractivity contribution in [1.29, 1.82) is 0 Å². The molecule has 1 aromatic rings. The summed E-state index contributed by atoms with van der Waals surface area (Å²) in [6.07, 6.45) is 1.23. The van der Waals surface area contributed by atoms with Gasteiger partial charge in [0.2, 0.25) is 0 Å². The molecule has 0 saturated heterocycles. The summed E-state index contributed by atoms with van der Waals surface area (Å²) >= 11 is 0. The SMILES string of the molecule is O=C1CCNc2ccccc2C1. The maximum Gasteiger partial charge on any atom is 0.139 e. The van der Waals surface area contributed by atoms with Crippen LogP contribution in [0.3, 0.4) is 0 Å². The summed E-state index contributed by atoms with van der Waals surface area (Å²) in [4.78, 5) is 11.2. The van der Waals surface area contributed by atoms with Crippen LogP contribution < -0.4 is 5.32 Å². The average Bonchev–Trinajstić information content (AvgIpc) is 2.25. The van der Waals surface area contributed by atoms with Crippen LogP contribution in [-0.2, 0) is 11.2 Å². The van der Waals surface area contributed by atoms with Crippen LogP contribution >= 0.6 is 0 Å². The van der Waals surface area contributed by atoms with Crippen LogP contribution in [0, 0.1) is 0 Å². The standard InChI is InChI=1S/C10H11NO/c12-9-5-6-11-10-4-2-1-3-8(10)7-9/h1-4,11H,5-7H2. The molecule has 0 unspecified atom stereocenters. The smallest absolute Gasteiger partial charge is 0.139 e. The van der Waals surface area contributed by atoms with Gasteiger partial charge < -0.3 is 5.32 Å². The lowest BCUT2D eigenvalue weighted by molar-refractivity contribution is -0.118. The van der Waals surface area contributed by atoms with Gasteiger partial charge in [-0.3, -0.25) is 4.79 Å². The van der Waals surface area contributed by atoms with Crippen molar-refractivity contribution in [3.8, 4) is 0 Å². The topological polar surface area (TPSA) is 29.1 Å². The van der Waals surface area contributed by atoms with Crippen molar-refractivity contribution in [2.75, 3.05) is 11.9 Å². The first-order valence-corrected chi connectivity index (χ1v) is 4.20. The van der Waals surface area contributed by atoms with Crippen molar-refractivity contribution in [1.82, 2.24) is 0 Å².